The highest BCUT2D eigenvalue weighted by molar-refractivity contribution is 14.0. The van der Waals surface area contributed by atoms with Crippen LogP contribution >= 0.6 is 24.0 Å². The monoisotopic (exact) mass is 515 g/mol. The van der Waals surface area contributed by atoms with Gasteiger partial charge in [-0.1, -0.05) is 18.2 Å². The molecule has 1 saturated heterocycles. The predicted molar refractivity (Wildman–Crippen MR) is 114 cm³/mol. The number of hydrogen-bond donors (Lipinski definition) is 2. The third-order valence-electron chi connectivity index (χ3n) is 4.78. The Labute approximate surface area is 181 Å². The smallest absolute Gasteiger partial charge is 0.382 e. The van der Waals surface area contributed by atoms with Crippen molar-refractivity contribution in [2.75, 3.05) is 39.5 Å². The van der Waals surface area contributed by atoms with Gasteiger partial charge in [0.1, 0.15) is 0 Å². The van der Waals surface area contributed by atoms with Gasteiger partial charge < -0.3 is 20.5 Å². The molecule has 2 rings (SSSR count). The number of nitrogens with one attached hydrogen (secondary N) is 1. The Kier molecular flexibility index (Phi) is 10.5. The minimum absolute atomic E-state index is 0. The van der Waals surface area contributed by atoms with Crippen LogP contribution < -0.4 is 11.1 Å². The van der Waals surface area contributed by atoms with Gasteiger partial charge in [0, 0.05) is 38.4 Å². The van der Waals surface area contributed by atoms with Gasteiger partial charge in [0.25, 0.3) is 0 Å². The number of rotatable bonds is 8. The van der Waals surface area contributed by atoms with E-state index in [1.807, 2.05) is 6.92 Å². The van der Waals surface area contributed by atoms with Crippen molar-refractivity contribution in [3.8, 4) is 0 Å². The van der Waals surface area contributed by atoms with Crippen molar-refractivity contribution in [1.29, 1.82) is 0 Å². The summed E-state index contributed by atoms with van der Waals surface area (Å²) >= 11 is 0. The SMILES string of the molecule is CCOCCCNC(N)=NCC1(c2cccc(C(F)(F)F)c2)CCOCC1.I. The number of hydrogen-bond acceptors (Lipinski definition) is 3. The number of nitrogens with two attached hydrogens (primary N) is 1. The van der Waals surface area contributed by atoms with Crippen molar-refractivity contribution >= 4 is 29.9 Å². The topological polar surface area (TPSA) is 68.9 Å². The van der Waals surface area contributed by atoms with Gasteiger partial charge in [-0.15, -0.1) is 24.0 Å². The van der Waals surface area contributed by atoms with E-state index in [9.17, 15) is 13.2 Å². The van der Waals surface area contributed by atoms with Crippen LogP contribution in [0.3, 0.4) is 0 Å². The van der Waals surface area contributed by atoms with Crippen LogP contribution in [0, 0.1) is 0 Å². The van der Waals surface area contributed by atoms with Gasteiger partial charge in [0.2, 0.25) is 0 Å². The molecule has 0 unspecified atom stereocenters. The zero-order chi connectivity index (χ0) is 19.8. The van der Waals surface area contributed by atoms with Crippen molar-refractivity contribution in [2.24, 2.45) is 10.7 Å². The summed E-state index contributed by atoms with van der Waals surface area (Å²) in [6.07, 6.45) is -2.35. The van der Waals surface area contributed by atoms with Crippen LogP contribution in [0.1, 0.15) is 37.3 Å². The molecule has 1 fully saturated rings. The molecule has 28 heavy (non-hydrogen) atoms. The minimum Gasteiger partial charge on any atom is -0.382 e. The highest BCUT2D eigenvalue weighted by Crippen LogP contribution is 2.38. The molecule has 0 amide bonds. The second-order valence-corrected chi connectivity index (χ2v) is 6.65. The van der Waals surface area contributed by atoms with Crippen molar-refractivity contribution in [2.45, 2.75) is 37.8 Å². The van der Waals surface area contributed by atoms with E-state index in [-0.39, 0.29) is 24.0 Å². The largest absolute Gasteiger partial charge is 0.416 e. The molecule has 9 heteroatoms. The maximum absolute atomic E-state index is 13.1. The first-order valence-electron chi connectivity index (χ1n) is 9.24. The number of alkyl halides is 3. The lowest BCUT2D eigenvalue weighted by atomic mass is 9.74. The van der Waals surface area contributed by atoms with E-state index in [0.29, 0.717) is 63.9 Å². The molecule has 1 aliphatic heterocycles. The Morgan fingerprint density at radius 2 is 2.04 bits per heavy atom. The van der Waals surface area contributed by atoms with E-state index in [2.05, 4.69) is 10.3 Å². The van der Waals surface area contributed by atoms with Crippen LogP contribution in [-0.2, 0) is 21.1 Å². The fourth-order valence-corrected chi connectivity index (χ4v) is 3.15. The molecule has 0 atom stereocenters. The molecule has 1 heterocycles. The van der Waals surface area contributed by atoms with Gasteiger partial charge in [0.15, 0.2) is 5.96 Å². The lowest BCUT2D eigenvalue weighted by Crippen LogP contribution is -2.39. The first-order valence-corrected chi connectivity index (χ1v) is 9.24. The van der Waals surface area contributed by atoms with Crippen molar-refractivity contribution < 1.29 is 22.6 Å². The van der Waals surface area contributed by atoms with Crippen LogP contribution in [0.5, 0.6) is 0 Å². The molecule has 5 nitrogen and oxygen atoms in total. The maximum Gasteiger partial charge on any atom is 0.416 e. The standard InChI is InChI=1S/C19H28F3N3O2.HI/c1-2-26-10-4-9-24-17(23)25-14-18(7-11-27-12-8-18)15-5-3-6-16(13-15)19(20,21)22;/h3,5-6,13H,2,4,7-12,14H2,1H3,(H3,23,24,25);1H. The summed E-state index contributed by atoms with van der Waals surface area (Å²) in [6, 6.07) is 5.51. The third kappa shape index (κ3) is 7.40. The van der Waals surface area contributed by atoms with Crippen LogP contribution in [0.4, 0.5) is 13.2 Å². The molecule has 0 saturated carbocycles. The summed E-state index contributed by atoms with van der Waals surface area (Å²) < 4.78 is 50.0. The summed E-state index contributed by atoms with van der Waals surface area (Å²) in [5, 5.41) is 3.02. The molecule has 0 aromatic heterocycles. The van der Waals surface area contributed by atoms with E-state index < -0.39 is 17.2 Å². The Hall–Kier alpha value is -1.07. The van der Waals surface area contributed by atoms with Crippen LogP contribution in [-0.4, -0.2) is 45.5 Å². The van der Waals surface area contributed by atoms with Gasteiger partial charge in [-0.3, -0.25) is 4.99 Å². The maximum atomic E-state index is 13.1. The quantitative estimate of drug-likeness (QED) is 0.240. The van der Waals surface area contributed by atoms with Gasteiger partial charge in [-0.2, -0.15) is 13.2 Å². The molecule has 1 aromatic carbocycles. The van der Waals surface area contributed by atoms with Crippen molar-refractivity contribution in [3.05, 3.63) is 35.4 Å². The van der Waals surface area contributed by atoms with Gasteiger partial charge in [-0.05, 0) is 37.8 Å². The zero-order valence-electron chi connectivity index (χ0n) is 16.1. The zero-order valence-corrected chi connectivity index (χ0v) is 18.4. The van der Waals surface area contributed by atoms with Gasteiger partial charge in [0.05, 0.1) is 12.1 Å². The molecular weight excluding hydrogens is 486 g/mol. The minimum atomic E-state index is -4.37. The fourth-order valence-electron chi connectivity index (χ4n) is 3.15. The highest BCUT2D eigenvalue weighted by atomic mass is 127. The highest BCUT2D eigenvalue weighted by Gasteiger charge is 2.37. The normalized spacial score (nSPS) is 17.1. The third-order valence-corrected chi connectivity index (χ3v) is 4.78. The van der Waals surface area contributed by atoms with E-state index in [1.165, 1.54) is 12.1 Å². The lowest BCUT2D eigenvalue weighted by molar-refractivity contribution is -0.137. The van der Waals surface area contributed by atoms with Crippen LogP contribution in [0.2, 0.25) is 0 Å². The summed E-state index contributed by atoms with van der Waals surface area (Å²) in [6.45, 7) is 5.19. The first-order chi connectivity index (χ1) is 12.9. The average Bonchev–Trinajstić information content (AvgIpc) is 2.66. The molecule has 0 aliphatic carbocycles. The van der Waals surface area contributed by atoms with E-state index in [0.717, 1.165) is 12.5 Å². The first kappa shape index (κ1) is 25.0. The molecule has 0 radical (unpaired) electrons. The predicted octanol–water partition coefficient (Wildman–Crippen LogP) is 3.70. The van der Waals surface area contributed by atoms with Crippen LogP contribution in [0.25, 0.3) is 0 Å². The second-order valence-electron chi connectivity index (χ2n) is 6.65. The number of nitrogens with zero attached hydrogens (tertiary/aromatic N) is 1. The van der Waals surface area contributed by atoms with E-state index in [4.69, 9.17) is 15.2 Å². The van der Waals surface area contributed by atoms with Crippen molar-refractivity contribution in [3.63, 3.8) is 0 Å². The van der Waals surface area contributed by atoms with E-state index >= 15 is 0 Å². The summed E-state index contributed by atoms with van der Waals surface area (Å²) in [5.74, 6) is 0.296. The molecular formula is C19H29F3IN3O2. The van der Waals surface area contributed by atoms with Crippen LogP contribution in [0.15, 0.2) is 29.3 Å². The number of benzene rings is 1. The second kappa shape index (κ2) is 11.8. The lowest BCUT2D eigenvalue weighted by Gasteiger charge is -2.37. The molecule has 160 valence electrons. The number of guanidine groups is 1. The summed E-state index contributed by atoms with van der Waals surface area (Å²) in [5.41, 5.74) is 5.42. The Morgan fingerprint density at radius 1 is 1.32 bits per heavy atom. The Balaban J connectivity index is 0.00000392. The van der Waals surface area contributed by atoms with Gasteiger partial charge in [-0.25, -0.2) is 0 Å². The van der Waals surface area contributed by atoms with E-state index in [1.54, 1.807) is 6.07 Å². The fraction of sp³-hybridized carbons (Fsp3) is 0.632. The number of ether oxygens (including phenoxy) is 2. The Bertz CT molecular complexity index is 621. The number of aliphatic imine (C=N–C) groups is 1. The molecule has 3 N–H and O–H groups in total. The molecule has 1 aliphatic rings. The molecule has 0 bridgehead atoms. The summed E-state index contributed by atoms with van der Waals surface area (Å²) in [7, 11) is 0. The Morgan fingerprint density at radius 3 is 2.68 bits per heavy atom. The molecule has 0 spiro atoms. The number of halogens is 4. The van der Waals surface area contributed by atoms with Gasteiger partial charge >= 0.3 is 6.18 Å². The average molecular weight is 515 g/mol. The summed E-state index contributed by atoms with van der Waals surface area (Å²) in [4.78, 5) is 4.41. The van der Waals surface area contributed by atoms with Crippen molar-refractivity contribution in [1.82, 2.24) is 5.32 Å². The molecule has 1 aromatic rings.